The van der Waals surface area contributed by atoms with Gasteiger partial charge in [-0.2, -0.15) is 0 Å². The summed E-state index contributed by atoms with van der Waals surface area (Å²) >= 11 is 0. The van der Waals surface area contributed by atoms with Crippen LogP contribution < -0.4 is 5.32 Å². The number of rotatable bonds is 6. The highest BCUT2D eigenvalue weighted by Gasteiger charge is 2.13. The SMILES string of the molecule is CC[C@H](C[C@@H](C)CO)Nc1ncnc2ccc(F)cc12. The molecule has 1 heterocycles. The topological polar surface area (TPSA) is 58.0 Å². The van der Waals surface area contributed by atoms with Gasteiger partial charge in [0.25, 0.3) is 0 Å². The van der Waals surface area contributed by atoms with Crippen molar-refractivity contribution in [3.8, 4) is 0 Å². The van der Waals surface area contributed by atoms with Crippen LogP contribution in [0.2, 0.25) is 0 Å². The maximum absolute atomic E-state index is 13.4. The maximum Gasteiger partial charge on any atom is 0.137 e. The highest BCUT2D eigenvalue weighted by atomic mass is 19.1. The fraction of sp³-hybridized carbons (Fsp3) is 0.467. The van der Waals surface area contributed by atoms with Gasteiger partial charge in [0.15, 0.2) is 0 Å². The Labute approximate surface area is 118 Å². The Morgan fingerprint density at radius 2 is 2.15 bits per heavy atom. The zero-order valence-corrected chi connectivity index (χ0v) is 11.8. The van der Waals surface area contributed by atoms with E-state index in [0.717, 1.165) is 12.8 Å². The van der Waals surface area contributed by atoms with Crippen LogP contribution in [0.15, 0.2) is 24.5 Å². The second-order valence-corrected chi connectivity index (χ2v) is 5.16. The van der Waals surface area contributed by atoms with E-state index in [0.29, 0.717) is 16.7 Å². The lowest BCUT2D eigenvalue weighted by Gasteiger charge is -2.21. The van der Waals surface area contributed by atoms with Crippen molar-refractivity contribution in [3.63, 3.8) is 0 Å². The van der Waals surface area contributed by atoms with E-state index in [1.807, 2.05) is 6.92 Å². The molecule has 0 saturated heterocycles. The third-order valence-corrected chi connectivity index (χ3v) is 3.43. The molecule has 0 saturated carbocycles. The lowest BCUT2D eigenvalue weighted by molar-refractivity contribution is 0.224. The predicted molar refractivity (Wildman–Crippen MR) is 78.1 cm³/mol. The van der Waals surface area contributed by atoms with Gasteiger partial charge < -0.3 is 10.4 Å². The lowest BCUT2D eigenvalue weighted by atomic mass is 10.0. The molecule has 1 aromatic heterocycles. The van der Waals surface area contributed by atoms with Crippen molar-refractivity contribution in [1.29, 1.82) is 0 Å². The molecule has 0 bridgehead atoms. The molecule has 2 aromatic rings. The van der Waals surface area contributed by atoms with Gasteiger partial charge in [-0.1, -0.05) is 13.8 Å². The molecule has 5 heteroatoms. The predicted octanol–water partition coefficient (Wildman–Crippen LogP) is 2.98. The molecule has 0 amide bonds. The molecule has 0 aliphatic heterocycles. The van der Waals surface area contributed by atoms with Crippen molar-refractivity contribution in [2.75, 3.05) is 11.9 Å². The van der Waals surface area contributed by atoms with E-state index in [2.05, 4.69) is 22.2 Å². The largest absolute Gasteiger partial charge is 0.396 e. The molecule has 108 valence electrons. The van der Waals surface area contributed by atoms with E-state index in [9.17, 15) is 4.39 Å². The average Bonchev–Trinajstić information content (AvgIpc) is 2.46. The van der Waals surface area contributed by atoms with Crippen molar-refractivity contribution < 1.29 is 9.50 Å². The Bertz CT molecular complexity index is 576. The average molecular weight is 277 g/mol. The number of anilines is 1. The van der Waals surface area contributed by atoms with Crippen LogP contribution in [-0.2, 0) is 0 Å². The summed E-state index contributed by atoms with van der Waals surface area (Å²) < 4.78 is 13.4. The normalized spacial score (nSPS) is 14.2. The van der Waals surface area contributed by atoms with Crippen molar-refractivity contribution in [3.05, 3.63) is 30.3 Å². The molecule has 1 aromatic carbocycles. The van der Waals surface area contributed by atoms with Gasteiger partial charge in [-0.15, -0.1) is 0 Å². The van der Waals surface area contributed by atoms with Crippen LogP contribution in [0.4, 0.5) is 10.2 Å². The Hall–Kier alpha value is -1.75. The summed E-state index contributed by atoms with van der Waals surface area (Å²) in [5, 5.41) is 13.2. The molecule has 2 atom stereocenters. The van der Waals surface area contributed by atoms with Crippen molar-refractivity contribution in [2.45, 2.75) is 32.7 Å². The second-order valence-electron chi connectivity index (χ2n) is 5.16. The van der Waals surface area contributed by atoms with Gasteiger partial charge in [-0.3, -0.25) is 0 Å². The van der Waals surface area contributed by atoms with Gasteiger partial charge in [-0.25, -0.2) is 14.4 Å². The third kappa shape index (κ3) is 3.42. The number of benzene rings is 1. The van der Waals surface area contributed by atoms with E-state index < -0.39 is 0 Å². The first-order valence-corrected chi connectivity index (χ1v) is 6.91. The van der Waals surface area contributed by atoms with E-state index in [1.165, 1.54) is 18.5 Å². The Kier molecular flexibility index (Phi) is 4.84. The Balaban J connectivity index is 2.25. The van der Waals surface area contributed by atoms with Crippen LogP contribution in [0.1, 0.15) is 26.7 Å². The maximum atomic E-state index is 13.4. The molecule has 0 aliphatic carbocycles. The quantitative estimate of drug-likeness (QED) is 0.852. The van der Waals surface area contributed by atoms with E-state index in [1.54, 1.807) is 6.07 Å². The number of halogens is 1. The number of fused-ring (bicyclic) bond motifs is 1. The van der Waals surface area contributed by atoms with Crippen LogP contribution in [0.3, 0.4) is 0 Å². The first kappa shape index (κ1) is 14.7. The number of hydrogen-bond donors (Lipinski definition) is 2. The highest BCUT2D eigenvalue weighted by Crippen LogP contribution is 2.22. The summed E-state index contributed by atoms with van der Waals surface area (Å²) in [5.41, 5.74) is 0.717. The van der Waals surface area contributed by atoms with Gasteiger partial charge in [0, 0.05) is 18.0 Å². The van der Waals surface area contributed by atoms with Crippen LogP contribution in [-0.4, -0.2) is 27.7 Å². The van der Waals surface area contributed by atoms with Gasteiger partial charge in [0.1, 0.15) is 18.0 Å². The summed E-state index contributed by atoms with van der Waals surface area (Å²) in [6.45, 7) is 4.24. The second kappa shape index (κ2) is 6.61. The minimum absolute atomic E-state index is 0.164. The Morgan fingerprint density at radius 1 is 1.35 bits per heavy atom. The monoisotopic (exact) mass is 277 g/mol. The standard InChI is InChI=1S/C15H20FN3O/c1-3-12(6-10(2)8-20)19-15-13-7-11(16)4-5-14(13)17-9-18-15/h4-5,7,9-10,12,20H,3,6,8H2,1-2H3,(H,17,18,19)/t10-,12-/m1/s1. The zero-order valence-electron chi connectivity index (χ0n) is 11.8. The van der Waals surface area contributed by atoms with Crippen molar-refractivity contribution in [2.24, 2.45) is 5.92 Å². The first-order valence-electron chi connectivity index (χ1n) is 6.91. The lowest BCUT2D eigenvalue weighted by Crippen LogP contribution is -2.23. The van der Waals surface area contributed by atoms with E-state index >= 15 is 0 Å². The smallest absolute Gasteiger partial charge is 0.137 e. The minimum Gasteiger partial charge on any atom is -0.396 e. The number of aliphatic hydroxyl groups is 1. The summed E-state index contributed by atoms with van der Waals surface area (Å²) in [6.07, 6.45) is 3.23. The van der Waals surface area contributed by atoms with Crippen LogP contribution >= 0.6 is 0 Å². The van der Waals surface area contributed by atoms with Crippen molar-refractivity contribution >= 4 is 16.7 Å². The highest BCUT2D eigenvalue weighted by molar-refractivity contribution is 5.88. The number of nitrogens with one attached hydrogen (secondary N) is 1. The van der Waals surface area contributed by atoms with Gasteiger partial charge in [-0.05, 0) is 37.0 Å². The zero-order chi connectivity index (χ0) is 14.5. The summed E-state index contributed by atoms with van der Waals surface area (Å²) in [4.78, 5) is 8.35. The number of aliphatic hydroxyl groups excluding tert-OH is 1. The summed E-state index contributed by atoms with van der Waals surface area (Å²) in [7, 11) is 0. The molecule has 0 spiro atoms. The van der Waals surface area contributed by atoms with E-state index in [4.69, 9.17) is 5.11 Å². The number of hydrogen-bond acceptors (Lipinski definition) is 4. The number of aromatic nitrogens is 2. The molecule has 0 aliphatic rings. The molecule has 20 heavy (non-hydrogen) atoms. The minimum atomic E-state index is -0.299. The van der Waals surface area contributed by atoms with Crippen molar-refractivity contribution in [1.82, 2.24) is 9.97 Å². The van der Waals surface area contributed by atoms with Crippen LogP contribution in [0.25, 0.3) is 10.9 Å². The molecule has 2 N–H and O–H groups in total. The molecular formula is C15H20FN3O. The molecule has 0 fully saturated rings. The van der Waals surface area contributed by atoms with Crippen LogP contribution in [0, 0.1) is 11.7 Å². The fourth-order valence-electron chi connectivity index (χ4n) is 2.23. The van der Waals surface area contributed by atoms with Gasteiger partial charge >= 0.3 is 0 Å². The molecule has 0 unspecified atom stereocenters. The number of nitrogens with zero attached hydrogens (tertiary/aromatic N) is 2. The molecular weight excluding hydrogens is 257 g/mol. The molecule has 2 rings (SSSR count). The summed E-state index contributed by atoms with van der Waals surface area (Å²) in [6, 6.07) is 4.68. The van der Waals surface area contributed by atoms with Gasteiger partial charge in [0.05, 0.1) is 5.52 Å². The Morgan fingerprint density at radius 3 is 2.85 bits per heavy atom. The fourth-order valence-corrected chi connectivity index (χ4v) is 2.23. The van der Waals surface area contributed by atoms with E-state index in [-0.39, 0.29) is 24.4 Å². The molecule has 0 radical (unpaired) electrons. The van der Waals surface area contributed by atoms with Crippen LogP contribution in [0.5, 0.6) is 0 Å². The summed E-state index contributed by atoms with van der Waals surface area (Å²) in [5.74, 6) is 0.566. The first-order chi connectivity index (χ1) is 9.63. The van der Waals surface area contributed by atoms with Gasteiger partial charge in [0.2, 0.25) is 0 Å². The third-order valence-electron chi connectivity index (χ3n) is 3.43. The molecule has 4 nitrogen and oxygen atoms in total.